The van der Waals surface area contributed by atoms with Crippen LogP contribution in [0.25, 0.3) is 27.9 Å². The molecule has 1 amide bonds. The SMILES string of the molecule is CCN1C(=O)/C(=C\c2ccc3c(c2)c2ccccc2n3C)NC1=S. The Bertz CT molecular complexity index is 1030. The third kappa shape index (κ3) is 2.12. The Balaban J connectivity index is 1.84. The van der Waals surface area contributed by atoms with Crippen LogP contribution in [0.15, 0.2) is 48.2 Å². The van der Waals surface area contributed by atoms with Gasteiger partial charge < -0.3 is 9.88 Å². The van der Waals surface area contributed by atoms with E-state index in [0.29, 0.717) is 17.4 Å². The van der Waals surface area contributed by atoms with E-state index >= 15 is 0 Å². The number of hydrogen-bond donors (Lipinski definition) is 1. The van der Waals surface area contributed by atoms with Crippen LogP contribution < -0.4 is 5.32 Å². The maximum Gasteiger partial charge on any atom is 0.276 e. The third-order valence-electron chi connectivity index (χ3n) is 4.53. The van der Waals surface area contributed by atoms with Crippen molar-refractivity contribution in [1.29, 1.82) is 0 Å². The van der Waals surface area contributed by atoms with E-state index in [0.717, 1.165) is 5.56 Å². The van der Waals surface area contributed by atoms with E-state index in [1.54, 1.807) is 4.90 Å². The summed E-state index contributed by atoms with van der Waals surface area (Å²) in [4.78, 5) is 13.9. The van der Waals surface area contributed by atoms with Gasteiger partial charge in [0, 0.05) is 35.4 Å². The van der Waals surface area contributed by atoms with Crippen LogP contribution in [0.4, 0.5) is 0 Å². The highest BCUT2D eigenvalue weighted by atomic mass is 32.1. The van der Waals surface area contributed by atoms with Gasteiger partial charge in [0.25, 0.3) is 5.91 Å². The summed E-state index contributed by atoms with van der Waals surface area (Å²) in [6, 6.07) is 14.6. The first-order chi connectivity index (χ1) is 11.6. The van der Waals surface area contributed by atoms with Crippen LogP contribution in [-0.4, -0.2) is 27.0 Å². The molecule has 0 saturated carbocycles. The quantitative estimate of drug-likeness (QED) is 0.576. The minimum Gasteiger partial charge on any atom is -0.344 e. The molecule has 2 aromatic carbocycles. The number of benzene rings is 2. The normalized spacial score (nSPS) is 16.6. The molecule has 1 fully saturated rings. The number of carbonyl (C=O) groups is 1. The maximum absolute atomic E-state index is 12.3. The number of amides is 1. The lowest BCUT2D eigenvalue weighted by Crippen LogP contribution is -2.30. The van der Waals surface area contributed by atoms with Gasteiger partial charge in [-0.3, -0.25) is 9.69 Å². The van der Waals surface area contributed by atoms with Crippen molar-refractivity contribution < 1.29 is 4.79 Å². The number of aromatic nitrogens is 1. The van der Waals surface area contributed by atoms with Gasteiger partial charge >= 0.3 is 0 Å². The average molecular weight is 335 g/mol. The van der Waals surface area contributed by atoms with Crippen molar-refractivity contribution in [2.75, 3.05) is 6.54 Å². The van der Waals surface area contributed by atoms with Gasteiger partial charge in [0.05, 0.1) is 0 Å². The molecule has 4 rings (SSSR count). The highest BCUT2D eigenvalue weighted by molar-refractivity contribution is 7.80. The Hall–Kier alpha value is -2.66. The minimum atomic E-state index is -0.0690. The number of nitrogens with zero attached hydrogens (tertiary/aromatic N) is 2. The van der Waals surface area contributed by atoms with E-state index < -0.39 is 0 Å². The fourth-order valence-electron chi connectivity index (χ4n) is 3.30. The van der Waals surface area contributed by atoms with Crippen LogP contribution in [0.1, 0.15) is 12.5 Å². The smallest absolute Gasteiger partial charge is 0.276 e. The second kappa shape index (κ2) is 5.46. The molecule has 120 valence electrons. The zero-order valence-electron chi connectivity index (χ0n) is 13.5. The fourth-order valence-corrected chi connectivity index (χ4v) is 3.62. The van der Waals surface area contributed by atoms with Crippen LogP contribution >= 0.6 is 12.2 Å². The number of rotatable bonds is 2. The molecule has 0 unspecified atom stereocenters. The van der Waals surface area contributed by atoms with E-state index in [-0.39, 0.29) is 5.91 Å². The van der Waals surface area contributed by atoms with Gasteiger partial charge in [0.15, 0.2) is 5.11 Å². The van der Waals surface area contributed by atoms with Crippen LogP contribution in [0.3, 0.4) is 0 Å². The molecule has 1 aliphatic rings. The van der Waals surface area contributed by atoms with Crippen LogP contribution in [0, 0.1) is 0 Å². The van der Waals surface area contributed by atoms with Gasteiger partial charge in [-0.15, -0.1) is 0 Å². The molecule has 1 aliphatic heterocycles. The predicted octanol–water partition coefficient (Wildman–Crippen LogP) is 3.41. The number of hydrogen-bond acceptors (Lipinski definition) is 2. The Labute approximate surface area is 145 Å². The van der Waals surface area contributed by atoms with Crippen molar-refractivity contribution in [1.82, 2.24) is 14.8 Å². The molecule has 2 heterocycles. The average Bonchev–Trinajstić information content (AvgIpc) is 3.02. The summed E-state index contributed by atoms with van der Waals surface area (Å²) in [6.45, 7) is 2.49. The van der Waals surface area contributed by atoms with Crippen molar-refractivity contribution in [3.05, 3.63) is 53.7 Å². The lowest BCUT2D eigenvalue weighted by Gasteiger charge is -2.08. The van der Waals surface area contributed by atoms with E-state index in [4.69, 9.17) is 12.2 Å². The summed E-state index contributed by atoms with van der Waals surface area (Å²) >= 11 is 5.20. The summed E-state index contributed by atoms with van der Waals surface area (Å²) < 4.78 is 2.19. The lowest BCUT2D eigenvalue weighted by molar-refractivity contribution is -0.122. The lowest BCUT2D eigenvalue weighted by atomic mass is 10.1. The Kier molecular flexibility index (Phi) is 3.39. The molecule has 1 aromatic heterocycles. The van der Waals surface area contributed by atoms with E-state index in [2.05, 4.69) is 41.2 Å². The molecule has 0 bridgehead atoms. The number of thiocarbonyl (C=S) groups is 1. The number of aryl methyl sites for hydroxylation is 1. The summed E-state index contributed by atoms with van der Waals surface area (Å²) in [5.74, 6) is -0.0690. The first-order valence-corrected chi connectivity index (χ1v) is 8.32. The number of carbonyl (C=O) groups excluding carboxylic acids is 1. The van der Waals surface area contributed by atoms with Gasteiger partial charge in [-0.2, -0.15) is 0 Å². The van der Waals surface area contributed by atoms with Gasteiger partial charge in [-0.05, 0) is 49.0 Å². The van der Waals surface area contributed by atoms with Crippen molar-refractivity contribution in [3.8, 4) is 0 Å². The van der Waals surface area contributed by atoms with Crippen molar-refractivity contribution in [2.45, 2.75) is 6.92 Å². The summed E-state index contributed by atoms with van der Waals surface area (Å²) in [5, 5.41) is 5.88. The Morgan fingerprint density at radius 3 is 2.62 bits per heavy atom. The third-order valence-corrected chi connectivity index (χ3v) is 4.85. The molecular weight excluding hydrogens is 318 g/mol. The molecular formula is C19H17N3OS. The van der Waals surface area contributed by atoms with Crippen LogP contribution in [-0.2, 0) is 11.8 Å². The summed E-state index contributed by atoms with van der Waals surface area (Å²) in [5.41, 5.74) is 3.89. The van der Waals surface area contributed by atoms with E-state index in [1.165, 1.54) is 21.8 Å². The zero-order valence-corrected chi connectivity index (χ0v) is 14.4. The largest absolute Gasteiger partial charge is 0.344 e. The van der Waals surface area contributed by atoms with Crippen LogP contribution in [0.5, 0.6) is 0 Å². The second-order valence-corrected chi connectivity index (χ2v) is 6.28. The number of likely N-dealkylation sites (N-methyl/N-ethyl adjacent to an activating group) is 1. The molecule has 4 nitrogen and oxygen atoms in total. The Morgan fingerprint density at radius 1 is 1.12 bits per heavy atom. The maximum atomic E-state index is 12.3. The highest BCUT2D eigenvalue weighted by Gasteiger charge is 2.28. The molecule has 0 aliphatic carbocycles. The van der Waals surface area contributed by atoms with Gasteiger partial charge in [0.1, 0.15) is 5.70 Å². The first-order valence-electron chi connectivity index (χ1n) is 7.92. The van der Waals surface area contributed by atoms with E-state index in [9.17, 15) is 4.79 Å². The molecule has 3 aromatic rings. The topological polar surface area (TPSA) is 37.3 Å². The van der Waals surface area contributed by atoms with Gasteiger partial charge in [-0.1, -0.05) is 24.3 Å². The standard InChI is InChI=1S/C19H17N3OS/c1-3-22-18(23)15(20-19(22)24)11-12-8-9-17-14(10-12)13-6-4-5-7-16(13)21(17)2/h4-11H,3H2,1-2H3,(H,20,24)/b15-11+. The zero-order chi connectivity index (χ0) is 16.8. The molecule has 24 heavy (non-hydrogen) atoms. The molecule has 0 spiro atoms. The molecule has 0 atom stereocenters. The van der Waals surface area contributed by atoms with Crippen molar-refractivity contribution >= 4 is 51.1 Å². The van der Waals surface area contributed by atoms with Gasteiger partial charge in [0.2, 0.25) is 0 Å². The van der Waals surface area contributed by atoms with Crippen molar-refractivity contribution in [2.24, 2.45) is 7.05 Å². The fraction of sp³-hybridized carbons (Fsp3) is 0.158. The number of nitrogens with one attached hydrogen (secondary N) is 1. The number of para-hydroxylation sites is 1. The molecule has 5 heteroatoms. The predicted molar refractivity (Wildman–Crippen MR) is 102 cm³/mol. The highest BCUT2D eigenvalue weighted by Crippen LogP contribution is 2.29. The summed E-state index contributed by atoms with van der Waals surface area (Å²) in [7, 11) is 2.07. The van der Waals surface area contributed by atoms with Crippen molar-refractivity contribution in [3.63, 3.8) is 0 Å². The van der Waals surface area contributed by atoms with E-state index in [1.807, 2.05) is 31.2 Å². The van der Waals surface area contributed by atoms with Gasteiger partial charge in [-0.25, -0.2) is 0 Å². The molecule has 1 N–H and O–H groups in total. The van der Waals surface area contributed by atoms with Crippen LogP contribution in [0.2, 0.25) is 0 Å². The first kappa shape index (κ1) is 14.9. The monoisotopic (exact) mass is 335 g/mol. The second-order valence-electron chi connectivity index (χ2n) is 5.89. The molecule has 0 radical (unpaired) electrons. The molecule has 1 saturated heterocycles. The number of fused-ring (bicyclic) bond motifs is 3. The minimum absolute atomic E-state index is 0.0690. The summed E-state index contributed by atoms with van der Waals surface area (Å²) in [6.07, 6.45) is 1.87. The Morgan fingerprint density at radius 2 is 1.88 bits per heavy atom.